The maximum absolute atomic E-state index is 12.0. The first-order valence-electron chi connectivity index (χ1n) is 6.46. The van der Waals surface area contributed by atoms with Crippen LogP contribution in [0.2, 0.25) is 0 Å². The number of carbonyl (C=O) groups is 1. The van der Waals surface area contributed by atoms with Gasteiger partial charge in [0.25, 0.3) is 5.69 Å². The summed E-state index contributed by atoms with van der Waals surface area (Å²) in [6, 6.07) is 6.23. The largest absolute Gasteiger partial charge is 0.337 e. The van der Waals surface area contributed by atoms with Gasteiger partial charge in [-0.15, -0.1) is 0 Å². The van der Waals surface area contributed by atoms with Gasteiger partial charge in [0, 0.05) is 44.4 Å². The summed E-state index contributed by atoms with van der Waals surface area (Å²) in [5.74, 6) is -0.0513. The number of likely N-dealkylation sites (N-methyl/N-ethyl adjacent to an activating group) is 1. The van der Waals surface area contributed by atoms with E-state index in [1.807, 2.05) is 7.05 Å². The topological polar surface area (TPSA) is 66.7 Å². The van der Waals surface area contributed by atoms with Gasteiger partial charge in [-0.1, -0.05) is 12.1 Å². The van der Waals surface area contributed by atoms with E-state index in [0.29, 0.717) is 18.7 Å². The van der Waals surface area contributed by atoms with Crippen LogP contribution in [0.5, 0.6) is 0 Å². The molecule has 1 aliphatic heterocycles. The van der Waals surface area contributed by atoms with Gasteiger partial charge in [-0.25, -0.2) is 0 Å². The van der Waals surface area contributed by atoms with Gasteiger partial charge in [0.2, 0.25) is 5.91 Å². The van der Waals surface area contributed by atoms with Crippen molar-refractivity contribution in [2.24, 2.45) is 0 Å². The van der Waals surface area contributed by atoms with Crippen molar-refractivity contribution in [1.82, 2.24) is 9.80 Å². The fourth-order valence-electron chi connectivity index (χ4n) is 2.04. The van der Waals surface area contributed by atoms with Crippen molar-refractivity contribution in [3.63, 3.8) is 0 Å². The molecule has 0 spiro atoms. The number of benzene rings is 1. The third kappa shape index (κ3) is 3.64. The van der Waals surface area contributed by atoms with Gasteiger partial charge in [-0.05, 0) is 18.7 Å². The molecule has 0 atom stereocenters. The summed E-state index contributed by atoms with van der Waals surface area (Å²) in [4.78, 5) is 26.2. The van der Waals surface area contributed by atoms with Crippen molar-refractivity contribution >= 4 is 17.7 Å². The predicted molar refractivity (Wildman–Crippen MR) is 76.2 cm³/mol. The minimum absolute atomic E-state index is 0.0270. The second-order valence-electron chi connectivity index (χ2n) is 4.81. The number of nitro benzene ring substituents is 1. The maximum Gasteiger partial charge on any atom is 0.270 e. The molecule has 0 N–H and O–H groups in total. The van der Waals surface area contributed by atoms with E-state index in [2.05, 4.69) is 4.90 Å². The van der Waals surface area contributed by atoms with Crippen molar-refractivity contribution in [2.45, 2.75) is 0 Å². The van der Waals surface area contributed by atoms with Gasteiger partial charge >= 0.3 is 0 Å². The Labute approximate surface area is 117 Å². The Morgan fingerprint density at radius 2 is 2.00 bits per heavy atom. The zero-order valence-electron chi connectivity index (χ0n) is 11.4. The molecule has 0 saturated carbocycles. The summed E-state index contributed by atoms with van der Waals surface area (Å²) < 4.78 is 0. The van der Waals surface area contributed by atoms with Gasteiger partial charge in [-0.2, -0.15) is 0 Å². The molecule has 2 rings (SSSR count). The molecular formula is C14H17N3O3. The normalized spacial score (nSPS) is 16.6. The van der Waals surface area contributed by atoms with E-state index in [4.69, 9.17) is 0 Å². The van der Waals surface area contributed by atoms with Crippen molar-refractivity contribution in [2.75, 3.05) is 33.2 Å². The fourth-order valence-corrected chi connectivity index (χ4v) is 2.04. The zero-order chi connectivity index (χ0) is 14.5. The summed E-state index contributed by atoms with van der Waals surface area (Å²) in [5, 5.41) is 10.7. The number of rotatable bonds is 3. The van der Waals surface area contributed by atoms with E-state index >= 15 is 0 Å². The number of nitrogens with zero attached hydrogens (tertiary/aromatic N) is 3. The Morgan fingerprint density at radius 1 is 1.30 bits per heavy atom. The van der Waals surface area contributed by atoms with Crippen LogP contribution < -0.4 is 0 Å². The standard InChI is InChI=1S/C14H17N3O3/c1-15-7-9-16(10-8-15)14(18)6-5-12-3-2-4-13(11-12)17(19)20/h2-6,11H,7-10H2,1H3/b6-5+. The van der Waals surface area contributed by atoms with E-state index in [9.17, 15) is 14.9 Å². The van der Waals surface area contributed by atoms with E-state index in [-0.39, 0.29) is 11.6 Å². The summed E-state index contributed by atoms with van der Waals surface area (Å²) in [7, 11) is 2.03. The maximum atomic E-state index is 12.0. The quantitative estimate of drug-likeness (QED) is 0.475. The molecule has 1 aromatic rings. The highest BCUT2D eigenvalue weighted by atomic mass is 16.6. The third-order valence-electron chi connectivity index (χ3n) is 3.31. The van der Waals surface area contributed by atoms with Crippen LogP contribution in [-0.4, -0.2) is 53.9 Å². The first-order valence-corrected chi connectivity index (χ1v) is 6.46. The van der Waals surface area contributed by atoms with Crippen molar-refractivity contribution in [3.05, 3.63) is 46.0 Å². The van der Waals surface area contributed by atoms with Crippen molar-refractivity contribution < 1.29 is 9.72 Å². The number of hydrogen-bond acceptors (Lipinski definition) is 4. The molecule has 0 aliphatic carbocycles. The van der Waals surface area contributed by atoms with Crippen LogP contribution >= 0.6 is 0 Å². The zero-order valence-corrected chi connectivity index (χ0v) is 11.4. The molecule has 1 amide bonds. The Bertz CT molecular complexity index is 534. The van der Waals surface area contributed by atoms with Gasteiger partial charge in [0.15, 0.2) is 0 Å². The SMILES string of the molecule is CN1CCN(C(=O)/C=C/c2cccc([N+](=O)[O-])c2)CC1. The molecule has 1 aliphatic rings. The Balaban J connectivity index is 2.00. The van der Waals surface area contributed by atoms with Crippen LogP contribution in [0.4, 0.5) is 5.69 Å². The molecule has 1 aromatic carbocycles. The van der Waals surface area contributed by atoms with Gasteiger partial charge in [0.1, 0.15) is 0 Å². The minimum atomic E-state index is -0.445. The smallest absolute Gasteiger partial charge is 0.270 e. The second-order valence-corrected chi connectivity index (χ2v) is 4.81. The lowest BCUT2D eigenvalue weighted by molar-refractivity contribution is -0.384. The van der Waals surface area contributed by atoms with E-state index in [0.717, 1.165) is 13.1 Å². The molecule has 0 radical (unpaired) electrons. The van der Waals surface area contributed by atoms with Gasteiger partial charge in [0.05, 0.1) is 4.92 Å². The molecule has 0 aromatic heterocycles. The third-order valence-corrected chi connectivity index (χ3v) is 3.31. The minimum Gasteiger partial charge on any atom is -0.337 e. The number of nitro groups is 1. The molecule has 1 fully saturated rings. The van der Waals surface area contributed by atoms with Gasteiger partial charge in [-0.3, -0.25) is 14.9 Å². The second kappa shape index (κ2) is 6.29. The van der Waals surface area contributed by atoms with Gasteiger partial charge < -0.3 is 9.80 Å². The van der Waals surface area contributed by atoms with E-state index in [1.54, 1.807) is 23.1 Å². The summed E-state index contributed by atoms with van der Waals surface area (Å²) >= 11 is 0. The molecule has 6 nitrogen and oxygen atoms in total. The lowest BCUT2D eigenvalue weighted by atomic mass is 10.2. The molecule has 1 saturated heterocycles. The van der Waals surface area contributed by atoms with Crippen LogP contribution in [0.15, 0.2) is 30.3 Å². The molecule has 0 bridgehead atoms. The Hall–Kier alpha value is -2.21. The summed E-state index contributed by atoms with van der Waals surface area (Å²) in [6.07, 6.45) is 3.10. The van der Waals surface area contributed by atoms with Crippen molar-refractivity contribution in [1.29, 1.82) is 0 Å². The van der Waals surface area contributed by atoms with E-state index < -0.39 is 4.92 Å². The van der Waals surface area contributed by atoms with Crippen LogP contribution in [0.25, 0.3) is 6.08 Å². The molecule has 20 heavy (non-hydrogen) atoms. The highest BCUT2D eigenvalue weighted by Crippen LogP contribution is 2.14. The average molecular weight is 275 g/mol. The molecule has 0 unspecified atom stereocenters. The van der Waals surface area contributed by atoms with Crippen LogP contribution in [0, 0.1) is 10.1 Å². The summed E-state index contributed by atoms with van der Waals surface area (Å²) in [6.45, 7) is 3.18. The Morgan fingerprint density at radius 3 is 2.65 bits per heavy atom. The number of amides is 1. The molecule has 1 heterocycles. The van der Waals surface area contributed by atoms with Crippen LogP contribution in [0.3, 0.4) is 0 Å². The Kier molecular flexibility index (Phi) is 4.47. The lowest BCUT2D eigenvalue weighted by Crippen LogP contribution is -2.46. The summed E-state index contributed by atoms with van der Waals surface area (Å²) in [5.41, 5.74) is 0.681. The predicted octanol–water partition coefficient (Wildman–Crippen LogP) is 1.38. The molecule has 6 heteroatoms. The molecule has 106 valence electrons. The number of hydrogen-bond donors (Lipinski definition) is 0. The van der Waals surface area contributed by atoms with Crippen LogP contribution in [0.1, 0.15) is 5.56 Å². The monoisotopic (exact) mass is 275 g/mol. The lowest BCUT2D eigenvalue weighted by Gasteiger charge is -2.31. The molecular weight excluding hydrogens is 258 g/mol. The highest BCUT2D eigenvalue weighted by Gasteiger charge is 2.16. The van der Waals surface area contributed by atoms with Crippen molar-refractivity contribution in [3.8, 4) is 0 Å². The number of non-ortho nitro benzene ring substituents is 1. The number of carbonyl (C=O) groups excluding carboxylic acids is 1. The fraction of sp³-hybridized carbons (Fsp3) is 0.357. The van der Waals surface area contributed by atoms with E-state index in [1.165, 1.54) is 18.2 Å². The number of piperazine rings is 1. The first kappa shape index (κ1) is 14.2. The average Bonchev–Trinajstić information content (AvgIpc) is 2.46. The highest BCUT2D eigenvalue weighted by molar-refractivity contribution is 5.91. The first-order chi connectivity index (χ1) is 9.56. The van der Waals surface area contributed by atoms with Crippen LogP contribution in [-0.2, 0) is 4.79 Å².